The van der Waals surface area contributed by atoms with Crippen LogP contribution in [0.3, 0.4) is 0 Å². The molecule has 3 aromatic rings. The van der Waals surface area contributed by atoms with Crippen LogP contribution in [0.2, 0.25) is 0 Å². The molecule has 0 N–H and O–H groups in total. The van der Waals surface area contributed by atoms with Gasteiger partial charge in [0.2, 0.25) is 5.91 Å². The Labute approximate surface area is 168 Å². The van der Waals surface area contributed by atoms with Crippen molar-refractivity contribution >= 4 is 28.7 Å². The molecule has 0 bridgehead atoms. The first kappa shape index (κ1) is 18.9. The molecule has 1 aromatic carbocycles. The van der Waals surface area contributed by atoms with Crippen LogP contribution in [-0.4, -0.2) is 27.7 Å². The van der Waals surface area contributed by atoms with E-state index in [9.17, 15) is 9.18 Å². The normalized spacial score (nSPS) is 15.2. The summed E-state index contributed by atoms with van der Waals surface area (Å²) in [6.45, 7) is 6.96. The topological polar surface area (TPSA) is 37.6 Å². The fraction of sp³-hybridized carbons (Fsp3) is 0.364. The Morgan fingerprint density at radius 3 is 2.64 bits per heavy atom. The van der Waals surface area contributed by atoms with Gasteiger partial charge in [0.25, 0.3) is 0 Å². The minimum atomic E-state index is -0.249. The Kier molecular flexibility index (Phi) is 4.66. The fourth-order valence-corrected chi connectivity index (χ4v) is 4.35. The third-order valence-corrected chi connectivity index (χ3v) is 5.69. The highest BCUT2D eigenvalue weighted by Gasteiger charge is 2.40. The quantitative estimate of drug-likeness (QED) is 0.606. The monoisotopic (exact) mass is 399 g/mol. The van der Waals surface area contributed by atoms with Crippen molar-refractivity contribution in [2.24, 2.45) is 0 Å². The van der Waals surface area contributed by atoms with E-state index in [4.69, 9.17) is 11.6 Å². The van der Waals surface area contributed by atoms with Crippen molar-refractivity contribution in [3.05, 3.63) is 65.0 Å². The highest BCUT2D eigenvalue weighted by atomic mass is 35.5. The molecule has 4 nitrogen and oxygen atoms in total. The summed E-state index contributed by atoms with van der Waals surface area (Å²) in [5.74, 6) is 0.575. The van der Waals surface area contributed by atoms with Gasteiger partial charge < -0.3 is 4.90 Å². The molecule has 0 radical (unpaired) electrons. The third kappa shape index (κ3) is 2.98. The molecule has 0 unspecified atom stereocenters. The van der Waals surface area contributed by atoms with Crippen LogP contribution in [-0.2, 0) is 23.1 Å². The van der Waals surface area contributed by atoms with Crippen molar-refractivity contribution in [2.75, 3.05) is 17.3 Å². The Bertz CT molecular complexity index is 1060. The van der Waals surface area contributed by atoms with E-state index in [1.807, 2.05) is 6.20 Å². The Morgan fingerprint density at radius 2 is 2.00 bits per heavy atom. The zero-order valence-electron chi connectivity index (χ0n) is 16.3. The molecule has 4 rings (SSSR count). The maximum Gasteiger partial charge on any atom is 0.241 e. The number of benzene rings is 1. The number of anilines is 1. The lowest BCUT2D eigenvalue weighted by Crippen LogP contribution is -2.34. The highest BCUT2D eigenvalue weighted by molar-refractivity contribution is 6.29. The summed E-state index contributed by atoms with van der Waals surface area (Å²) in [5.41, 5.74) is 4.88. The Morgan fingerprint density at radius 1 is 1.29 bits per heavy atom. The molecule has 0 saturated carbocycles. The minimum absolute atomic E-state index is 0.0502. The van der Waals surface area contributed by atoms with Gasteiger partial charge in [0, 0.05) is 18.4 Å². The summed E-state index contributed by atoms with van der Waals surface area (Å²) in [6, 6.07) is 8.61. The van der Waals surface area contributed by atoms with Crippen molar-refractivity contribution < 1.29 is 9.18 Å². The number of imidazole rings is 1. The van der Waals surface area contributed by atoms with Gasteiger partial charge in [0.1, 0.15) is 17.5 Å². The number of hydrogen-bond donors (Lipinski definition) is 0. The van der Waals surface area contributed by atoms with Crippen molar-refractivity contribution in [1.29, 1.82) is 0 Å². The molecule has 1 aliphatic heterocycles. The van der Waals surface area contributed by atoms with E-state index in [1.54, 1.807) is 17.0 Å². The van der Waals surface area contributed by atoms with Gasteiger partial charge in [-0.3, -0.25) is 9.20 Å². The lowest BCUT2D eigenvalue weighted by Gasteiger charge is -2.21. The molecule has 6 heteroatoms. The van der Waals surface area contributed by atoms with E-state index in [0.717, 1.165) is 40.3 Å². The molecule has 28 heavy (non-hydrogen) atoms. The van der Waals surface area contributed by atoms with Crippen molar-refractivity contribution in [3.63, 3.8) is 0 Å². The molecule has 146 valence electrons. The largest absolute Gasteiger partial charge is 0.309 e. The van der Waals surface area contributed by atoms with E-state index in [1.165, 1.54) is 12.1 Å². The van der Waals surface area contributed by atoms with Crippen LogP contribution in [0.1, 0.15) is 43.4 Å². The highest BCUT2D eigenvalue weighted by Crippen LogP contribution is 2.43. The number of carbonyl (C=O) groups excluding carboxylic acids is 1. The van der Waals surface area contributed by atoms with Gasteiger partial charge in [-0.25, -0.2) is 9.37 Å². The molecule has 0 aliphatic carbocycles. The van der Waals surface area contributed by atoms with Crippen LogP contribution in [0.5, 0.6) is 0 Å². The summed E-state index contributed by atoms with van der Waals surface area (Å²) in [6.07, 6.45) is 3.33. The van der Waals surface area contributed by atoms with Crippen molar-refractivity contribution in [3.8, 4) is 0 Å². The first-order chi connectivity index (χ1) is 13.4. The molecule has 3 heterocycles. The molecular weight excluding hydrogens is 377 g/mol. The number of hydrogen-bond acceptors (Lipinski definition) is 2. The predicted octanol–water partition coefficient (Wildman–Crippen LogP) is 4.49. The number of carbonyl (C=O) groups is 1. The van der Waals surface area contributed by atoms with Crippen molar-refractivity contribution in [1.82, 2.24) is 9.38 Å². The maximum absolute atomic E-state index is 13.3. The van der Waals surface area contributed by atoms with Gasteiger partial charge in [-0.1, -0.05) is 32.9 Å². The van der Waals surface area contributed by atoms with E-state index in [2.05, 4.69) is 36.2 Å². The first-order valence-electron chi connectivity index (χ1n) is 9.49. The molecule has 1 aliphatic rings. The molecule has 0 spiro atoms. The number of fused-ring (bicyclic) bond motifs is 3. The second kappa shape index (κ2) is 6.89. The third-order valence-electron chi connectivity index (χ3n) is 5.47. The van der Waals surface area contributed by atoms with E-state index in [0.29, 0.717) is 13.0 Å². The molecule has 0 fully saturated rings. The van der Waals surface area contributed by atoms with Crippen LogP contribution < -0.4 is 4.90 Å². The lowest BCUT2D eigenvalue weighted by atomic mass is 9.90. The van der Waals surface area contributed by atoms with E-state index < -0.39 is 0 Å². The Balaban J connectivity index is 1.95. The number of aromatic nitrogens is 2. The molecular formula is C22H23ClFN3O. The Hall–Kier alpha value is -2.40. The van der Waals surface area contributed by atoms with Crippen LogP contribution in [0.4, 0.5) is 10.1 Å². The average Bonchev–Trinajstić information content (AvgIpc) is 3.21. The van der Waals surface area contributed by atoms with Gasteiger partial charge in [0.05, 0.1) is 23.1 Å². The lowest BCUT2D eigenvalue weighted by molar-refractivity contribution is -0.116. The predicted molar refractivity (Wildman–Crippen MR) is 110 cm³/mol. The number of halogens is 2. The van der Waals surface area contributed by atoms with Gasteiger partial charge in [-0.2, -0.15) is 0 Å². The molecule has 2 aromatic heterocycles. The summed E-state index contributed by atoms with van der Waals surface area (Å²) < 4.78 is 15.5. The van der Waals surface area contributed by atoms with Gasteiger partial charge in [-0.15, -0.1) is 11.6 Å². The summed E-state index contributed by atoms with van der Waals surface area (Å²) in [7, 11) is 0. The standard InChI is InChI=1S/C22H23ClFN3O/c1-4-19-25-12-18-15(9-14-5-7-16(24)8-6-14)10-17-21(27(18)19)22(2,3)13-26(17)20(28)11-23/h5-8,10,12H,4,9,11,13H2,1-3H3. The number of aryl methyl sites for hydroxylation is 1. The van der Waals surface area contributed by atoms with Gasteiger partial charge in [0.15, 0.2) is 0 Å². The van der Waals surface area contributed by atoms with Crippen LogP contribution >= 0.6 is 11.6 Å². The maximum atomic E-state index is 13.3. The molecule has 0 atom stereocenters. The fourth-order valence-electron chi connectivity index (χ4n) is 4.21. The number of amides is 1. The van der Waals surface area contributed by atoms with Crippen molar-refractivity contribution in [2.45, 2.75) is 39.0 Å². The van der Waals surface area contributed by atoms with Gasteiger partial charge >= 0.3 is 0 Å². The second-order valence-corrected chi connectivity index (χ2v) is 8.22. The zero-order valence-corrected chi connectivity index (χ0v) is 17.1. The zero-order chi connectivity index (χ0) is 20.1. The van der Waals surface area contributed by atoms with Gasteiger partial charge in [-0.05, 0) is 35.7 Å². The number of pyridine rings is 1. The first-order valence-corrected chi connectivity index (χ1v) is 10.0. The second-order valence-electron chi connectivity index (χ2n) is 7.95. The van der Waals surface area contributed by atoms with E-state index in [-0.39, 0.29) is 23.0 Å². The number of rotatable bonds is 4. The van der Waals surface area contributed by atoms with Crippen LogP contribution in [0, 0.1) is 5.82 Å². The average molecular weight is 400 g/mol. The summed E-state index contributed by atoms with van der Waals surface area (Å²) in [4.78, 5) is 19.0. The SMILES string of the molecule is CCc1ncc2c(Cc3ccc(F)cc3)cc3c(n12)C(C)(C)CN3C(=O)CCl. The van der Waals surface area contributed by atoms with E-state index >= 15 is 0 Å². The molecule has 0 saturated heterocycles. The smallest absolute Gasteiger partial charge is 0.241 e. The van der Waals surface area contributed by atoms with Crippen LogP contribution in [0.25, 0.3) is 5.52 Å². The number of nitrogens with zero attached hydrogens (tertiary/aromatic N) is 3. The summed E-state index contributed by atoms with van der Waals surface area (Å²) >= 11 is 5.89. The summed E-state index contributed by atoms with van der Waals surface area (Å²) in [5, 5.41) is 0. The van der Waals surface area contributed by atoms with Crippen LogP contribution in [0.15, 0.2) is 36.5 Å². The minimum Gasteiger partial charge on any atom is -0.309 e. The molecule has 1 amide bonds. The number of alkyl halides is 1.